The van der Waals surface area contributed by atoms with Gasteiger partial charge in [-0.25, -0.2) is 19.1 Å². The van der Waals surface area contributed by atoms with Crippen LogP contribution in [0.1, 0.15) is 22.0 Å². The van der Waals surface area contributed by atoms with Crippen LogP contribution in [0.15, 0.2) is 11.7 Å². The number of thiazole rings is 1. The molecule has 17 heteroatoms. The van der Waals surface area contributed by atoms with Crippen LogP contribution in [0.25, 0.3) is 0 Å². The normalized spacial score (nSPS) is 10.9. The highest BCUT2D eigenvalue weighted by Crippen LogP contribution is 2.33. The molecule has 8 N–H and O–H groups in total. The standard InChI is InChI=1S/C12H17N4OS.CH3O5P.H3O4P/c1-8-11(3-4-17)18-7-16(8)6-10-5-14-9(2)15-12(10)13;2-1-6-7(3,4)5;1-5(2,3)4/h5,7,17H,3-4,6H2,1-2H3,(H2,13,14,15);1H,(H2,3,4,5);(H3,1,2,3,4)/q+1;;. The van der Waals surface area contributed by atoms with Crippen molar-refractivity contribution in [3.63, 3.8) is 0 Å². The molecule has 30 heavy (non-hydrogen) atoms. The van der Waals surface area contributed by atoms with E-state index in [2.05, 4.69) is 19.1 Å². The number of hydrogen-bond acceptors (Lipinski definition) is 9. The molecule has 0 aliphatic heterocycles. The van der Waals surface area contributed by atoms with Gasteiger partial charge in [-0.2, -0.15) is 4.57 Å². The number of rotatable bonds is 6. The van der Waals surface area contributed by atoms with Gasteiger partial charge in [-0.05, 0) is 6.92 Å². The zero-order valence-corrected chi connectivity index (χ0v) is 18.5. The summed E-state index contributed by atoms with van der Waals surface area (Å²) in [5.74, 6) is 1.22. The molecule has 0 amide bonds. The summed E-state index contributed by atoms with van der Waals surface area (Å²) in [6.07, 6.45) is 2.47. The van der Waals surface area contributed by atoms with Crippen molar-refractivity contribution in [3.05, 3.63) is 33.7 Å². The number of nitrogens with two attached hydrogens (primary N) is 1. The third kappa shape index (κ3) is 13.4. The molecule has 14 nitrogen and oxygen atoms in total. The molecule has 0 bridgehead atoms. The van der Waals surface area contributed by atoms with Gasteiger partial charge in [0.05, 0.1) is 10.4 Å². The van der Waals surface area contributed by atoms with Gasteiger partial charge in [-0.15, -0.1) is 0 Å². The molecular formula is C13H23N4O10P2S+. The number of phosphoric ester groups is 1. The van der Waals surface area contributed by atoms with Crippen molar-refractivity contribution in [1.29, 1.82) is 0 Å². The molecule has 2 aromatic rings. The van der Waals surface area contributed by atoms with Crippen LogP contribution in [-0.4, -0.2) is 52.6 Å². The van der Waals surface area contributed by atoms with Gasteiger partial charge in [0.2, 0.25) is 5.51 Å². The monoisotopic (exact) mass is 489 g/mol. The first-order valence-electron chi connectivity index (χ1n) is 7.79. The summed E-state index contributed by atoms with van der Waals surface area (Å²) in [7, 11) is -9.17. The molecule has 0 radical (unpaired) electrons. The zero-order chi connectivity index (χ0) is 23.5. The van der Waals surface area contributed by atoms with Gasteiger partial charge in [0.1, 0.15) is 11.6 Å². The smallest absolute Gasteiger partial charge is 0.396 e. The number of nitrogens with zero attached hydrogens (tertiary/aromatic N) is 3. The lowest BCUT2D eigenvalue weighted by Crippen LogP contribution is -2.35. The van der Waals surface area contributed by atoms with E-state index in [0.717, 1.165) is 11.3 Å². The van der Waals surface area contributed by atoms with Gasteiger partial charge in [-0.1, -0.05) is 11.3 Å². The average molecular weight is 489 g/mol. The largest absolute Gasteiger partial charge is 0.526 e. The van der Waals surface area contributed by atoms with Crippen LogP contribution >= 0.6 is 27.0 Å². The van der Waals surface area contributed by atoms with Crippen molar-refractivity contribution in [2.75, 3.05) is 12.3 Å². The molecule has 0 fully saturated rings. The maximum atomic E-state index is 9.47. The van der Waals surface area contributed by atoms with E-state index in [-0.39, 0.29) is 13.1 Å². The minimum atomic E-state index is -4.64. The highest BCUT2D eigenvalue weighted by atomic mass is 32.1. The first kappa shape index (κ1) is 28.2. The molecule has 0 aliphatic carbocycles. The lowest BCUT2D eigenvalue weighted by atomic mass is 10.2. The Kier molecular flexibility index (Phi) is 12.0. The molecule has 2 aromatic heterocycles. The number of aromatic nitrogens is 3. The van der Waals surface area contributed by atoms with E-state index in [1.54, 1.807) is 17.5 Å². The predicted molar refractivity (Wildman–Crippen MR) is 104 cm³/mol. The number of aliphatic hydroxyl groups is 1. The van der Waals surface area contributed by atoms with Crippen LogP contribution in [0.5, 0.6) is 0 Å². The lowest BCUT2D eigenvalue weighted by Gasteiger charge is -2.01. The fourth-order valence-electron chi connectivity index (χ4n) is 1.82. The number of nitrogen functional groups attached to an aromatic ring is 1. The number of phosphoric acid groups is 2. The first-order chi connectivity index (χ1) is 13.7. The average Bonchev–Trinajstić information content (AvgIpc) is 2.89. The van der Waals surface area contributed by atoms with Crippen LogP contribution in [-0.2, 0) is 31.4 Å². The van der Waals surface area contributed by atoms with Crippen molar-refractivity contribution >= 4 is 39.3 Å². The van der Waals surface area contributed by atoms with Crippen LogP contribution < -0.4 is 10.3 Å². The Morgan fingerprint density at radius 2 is 1.80 bits per heavy atom. The Morgan fingerprint density at radius 1 is 1.23 bits per heavy atom. The van der Waals surface area contributed by atoms with Gasteiger partial charge in [-0.3, -0.25) is 14.6 Å². The van der Waals surface area contributed by atoms with Gasteiger partial charge < -0.3 is 30.0 Å². The number of carbonyl (C=O) groups is 1. The highest BCUT2D eigenvalue weighted by molar-refractivity contribution is 7.46. The Labute approximate surface area is 175 Å². The molecule has 0 saturated carbocycles. The summed E-state index contributed by atoms with van der Waals surface area (Å²) in [5, 5.41) is 8.98. The fourth-order valence-corrected chi connectivity index (χ4v) is 2.92. The molecule has 0 saturated heterocycles. The molecule has 0 unspecified atom stereocenters. The second kappa shape index (κ2) is 12.8. The highest BCUT2D eigenvalue weighted by Gasteiger charge is 2.17. The maximum absolute atomic E-state index is 9.47. The molecule has 0 atom stereocenters. The molecule has 0 aromatic carbocycles. The maximum Gasteiger partial charge on any atom is 0.526 e. The van der Waals surface area contributed by atoms with Gasteiger partial charge in [0, 0.05) is 26.1 Å². The van der Waals surface area contributed by atoms with Gasteiger partial charge in [0.25, 0.3) is 0 Å². The summed E-state index contributed by atoms with van der Waals surface area (Å²) in [5.41, 5.74) is 10.0. The minimum absolute atomic E-state index is 0.178. The van der Waals surface area contributed by atoms with Crippen molar-refractivity contribution in [2.45, 2.75) is 26.8 Å². The number of aliphatic hydroxyl groups excluding tert-OH is 1. The van der Waals surface area contributed by atoms with E-state index in [9.17, 15) is 4.57 Å². The van der Waals surface area contributed by atoms with E-state index < -0.39 is 15.6 Å². The topological polar surface area (TPSA) is 237 Å². The summed E-state index contributed by atoms with van der Waals surface area (Å²) >= 11 is 1.65. The van der Waals surface area contributed by atoms with Gasteiger partial charge >= 0.3 is 22.1 Å². The Bertz CT molecular complexity index is 905. The molecular weight excluding hydrogens is 466 g/mol. The third-order valence-electron chi connectivity index (χ3n) is 3.03. The van der Waals surface area contributed by atoms with E-state index in [4.69, 9.17) is 44.7 Å². The summed E-state index contributed by atoms with van der Waals surface area (Å²) in [4.78, 5) is 55.5. The SMILES string of the molecule is Cc1ncc(C[n+]2csc(CCO)c2C)c(N)n1.O=COP(=O)(O)O.O=P(O)(O)O. The number of anilines is 1. The molecule has 170 valence electrons. The number of hydrogen-bond donors (Lipinski definition) is 7. The quantitative estimate of drug-likeness (QED) is 0.145. The summed E-state index contributed by atoms with van der Waals surface area (Å²) in [6.45, 7) is 4.41. The van der Waals surface area contributed by atoms with E-state index >= 15 is 0 Å². The van der Waals surface area contributed by atoms with Gasteiger partial charge in [0.15, 0.2) is 12.2 Å². The van der Waals surface area contributed by atoms with E-state index in [1.165, 1.54) is 4.88 Å². The fraction of sp³-hybridized carbons (Fsp3) is 0.385. The minimum Gasteiger partial charge on any atom is -0.396 e. The number of carbonyl (C=O) groups excluding carboxylic acids is 1. The zero-order valence-electron chi connectivity index (χ0n) is 15.9. The molecule has 2 heterocycles. The lowest BCUT2D eigenvalue weighted by molar-refractivity contribution is -0.689. The van der Waals surface area contributed by atoms with Crippen molar-refractivity contribution in [3.8, 4) is 0 Å². The molecule has 2 rings (SSSR count). The summed E-state index contributed by atoms with van der Waals surface area (Å²) < 4.78 is 23.7. The predicted octanol–water partition coefficient (Wildman–Crippen LogP) is -1.07. The van der Waals surface area contributed by atoms with E-state index in [0.29, 0.717) is 24.6 Å². The van der Waals surface area contributed by atoms with E-state index in [1.807, 2.05) is 19.4 Å². The number of aryl methyl sites for hydroxylation is 1. The van der Waals surface area contributed by atoms with Crippen LogP contribution in [0.2, 0.25) is 0 Å². The Hall–Kier alpha value is -1.80. The molecule has 0 aliphatic rings. The second-order valence-electron chi connectivity index (χ2n) is 5.37. The Morgan fingerprint density at radius 3 is 2.20 bits per heavy atom. The van der Waals surface area contributed by atoms with Crippen LogP contribution in [0.4, 0.5) is 5.82 Å². The first-order valence-corrected chi connectivity index (χ1v) is 11.8. The Balaban J connectivity index is 0.000000581. The van der Waals surface area contributed by atoms with Crippen LogP contribution in [0.3, 0.4) is 0 Å². The molecule has 0 spiro atoms. The third-order valence-corrected chi connectivity index (χ3v) is 4.54. The van der Waals surface area contributed by atoms with Crippen molar-refractivity contribution in [1.82, 2.24) is 9.97 Å². The van der Waals surface area contributed by atoms with Crippen molar-refractivity contribution < 1.29 is 52.6 Å². The van der Waals surface area contributed by atoms with Crippen LogP contribution in [0, 0.1) is 13.8 Å². The summed E-state index contributed by atoms with van der Waals surface area (Å²) in [6, 6.07) is 0. The second-order valence-corrected chi connectivity index (χ2v) is 8.52. The van der Waals surface area contributed by atoms with Crippen molar-refractivity contribution in [2.24, 2.45) is 0 Å².